The molecule has 2 aromatic carbocycles. The van der Waals surface area contributed by atoms with Gasteiger partial charge in [0.25, 0.3) is 0 Å². The summed E-state index contributed by atoms with van der Waals surface area (Å²) in [6.07, 6.45) is 0. The van der Waals surface area contributed by atoms with E-state index in [9.17, 15) is 0 Å². The topological polar surface area (TPSA) is 51.5 Å². The lowest BCUT2D eigenvalue weighted by Gasteiger charge is -2.12. The molecule has 0 N–H and O–H groups in total. The summed E-state index contributed by atoms with van der Waals surface area (Å²) in [6, 6.07) is 13.2. The number of aryl methyl sites for hydroxylation is 1. The molecule has 4 heteroatoms. The Hall–Kier alpha value is -2.67. The molecule has 2 aromatic rings. The fraction of sp³-hybridized carbons (Fsp3) is 0.235. The zero-order valence-corrected chi connectivity index (χ0v) is 12.3. The molecule has 0 unspecified atom stereocenters. The lowest BCUT2D eigenvalue weighted by Crippen LogP contribution is -1.99. The molecule has 0 spiro atoms. The average Bonchev–Trinajstić information content (AvgIpc) is 2.53. The van der Waals surface area contributed by atoms with Gasteiger partial charge in [0.15, 0.2) is 11.5 Å². The molecule has 0 aliphatic rings. The first kappa shape index (κ1) is 14.7. The Bertz CT molecular complexity index is 674. The van der Waals surface area contributed by atoms with E-state index in [2.05, 4.69) is 6.07 Å². The summed E-state index contributed by atoms with van der Waals surface area (Å²) in [5.41, 5.74) is 2.55. The van der Waals surface area contributed by atoms with Crippen molar-refractivity contribution in [3.63, 3.8) is 0 Å². The maximum atomic E-state index is 8.93. The Kier molecular flexibility index (Phi) is 4.68. The Morgan fingerprint density at radius 1 is 0.952 bits per heavy atom. The molecule has 2 rings (SSSR count). The van der Waals surface area contributed by atoms with E-state index in [4.69, 9.17) is 19.5 Å². The number of nitriles is 1. The molecule has 0 radical (unpaired) electrons. The predicted octanol–water partition coefficient (Wildman–Crippen LogP) is 3.46. The van der Waals surface area contributed by atoms with Crippen LogP contribution >= 0.6 is 0 Å². The minimum Gasteiger partial charge on any atom is -0.493 e. The maximum absolute atomic E-state index is 8.93. The molecular formula is C17H17NO3. The molecule has 0 saturated heterocycles. The van der Waals surface area contributed by atoms with Crippen LogP contribution in [-0.4, -0.2) is 14.2 Å². The minimum atomic E-state index is 0.399. The second-order valence-corrected chi connectivity index (χ2v) is 4.57. The van der Waals surface area contributed by atoms with Crippen molar-refractivity contribution in [2.24, 2.45) is 0 Å². The molecule has 0 bridgehead atoms. The predicted molar refractivity (Wildman–Crippen MR) is 79.8 cm³/mol. The van der Waals surface area contributed by atoms with Gasteiger partial charge < -0.3 is 14.2 Å². The maximum Gasteiger partial charge on any atom is 0.161 e. The normalized spacial score (nSPS) is 9.81. The quantitative estimate of drug-likeness (QED) is 0.843. The summed E-state index contributed by atoms with van der Waals surface area (Å²) >= 11 is 0. The number of ether oxygens (including phenoxy) is 3. The van der Waals surface area contributed by atoms with Crippen molar-refractivity contribution in [2.45, 2.75) is 13.5 Å². The van der Waals surface area contributed by atoms with E-state index in [-0.39, 0.29) is 0 Å². The van der Waals surface area contributed by atoms with Gasteiger partial charge in [-0.3, -0.25) is 0 Å². The van der Waals surface area contributed by atoms with Crippen LogP contribution in [0.15, 0.2) is 36.4 Å². The molecule has 4 nitrogen and oxygen atoms in total. The van der Waals surface area contributed by atoms with E-state index >= 15 is 0 Å². The standard InChI is InChI=1S/C17H17NO3/c1-12-4-5-13(10-18)8-16(12)21-11-14-6-7-15(19-2)17(9-14)20-3/h4-9H,11H2,1-3H3. The van der Waals surface area contributed by atoms with Crippen molar-refractivity contribution in [3.05, 3.63) is 53.1 Å². The van der Waals surface area contributed by atoms with Crippen LogP contribution in [-0.2, 0) is 6.61 Å². The lowest BCUT2D eigenvalue weighted by molar-refractivity contribution is 0.301. The highest BCUT2D eigenvalue weighted by molar-refractivity contribution is 5.44. The first-order valence-electron chi connectivity index (χ1n) is 6.52. The number of rotatable bonds is 5. The lowest BCUT2D eigenvalue weighted by atomic mass is 10.1. The monoisotopic (exact) mass is 283 g/mol. The third kappa shape index (κ3) is 3.46. The third-order valence-electron chi connectivity index (χ3n) is 3.16. The van der Waals surface area contributed by atoms with Crippen LogP contribution in [0.4, 0.5) is 0 Å². The van der Waals surface area contributed by atoms with Crippen LogP contribution in [0.25, 0.3) is 0 Å². The van der Waals surface area contributed by atoms with Crippen LogP contribution in [0.1, 0.15) is 16.7 Å². The molecule has 0 saturated carbocycles. The highest BCUT2D eigenvalue weighted by atomic mass is 16.5. The number of hydrogen-bond donors (Lipinski definition) is 0. The van der Waals surface area contributed by atoms with Gasteiger partial charge in [0.2, 0.25) is 0 Å². The number of methoxy groups -OCH3 is 2. The summed E-state index contributed by atoms with van der Waals surface area (Å²) in [7, 11) is 3.20. The SMILES string of the molecule is COc1ccc(COc2cc(C#N)ccc2C)cc1OC. The zero-order chi connectivity index (χ0) is 15.2. The van der Waals surface area contributed by atoms with E-state index in [1.54, 1.807) is 26.4 Å². The van der Waals surface area contributed by atoms with E-state index in [1.165, 1.54) is 0 Å². The van der Waals surface area contributed by atoms with Gasteiger partial charge >= 0.3 is 0 Å². The highest BCUT2D eigenvalue weighted by Crippen LogP contribution is 2.28. The molecule has 0 aliphatic carbocycles. The van der Waals surface area contributed by atoms with Crippen LogP contribution in [0.3, 0.4) is 0 Å². The first-order valence-corrected chi connectivity index (χ1v) is 6.52. The second kappa shape index (κ2) is 6.67. The summed E-state index contributed by atoms with van der Waals surface area (Å²) in [6.45, 7) is 2.35. The average molecular weight is 283 g/mol. The molecule has 0 aliphatic heterocycles. The Balaban J connectivity index is 2.15. The fourth-order valence-corrected chi connectivity index (χ4v) is 1.96. The summed E-state index contributed by atoms with van der Waals surface area (Å²) in [5.74, 6) is 2.06. The van der Waals surface area contributed by atoms with E-state index < -0.39 is 0 Å². The number of hydrogen-bond acceptors (Lipinski definition) is 4. The Labute approximate surface area is 124 Å². The highest BCUT2D eigenvalue weighted by Gasteiger charge is 2.06. The summed E-state index contributed by atoms with van der Waals surface area (Å²) in [4.78, 5) is 0. The third-order valence-corrected chi connectivity index (χ3v) is 3.16. The fourth-order valence-electron chi connectivity index (χ4n) is 1.96. The van der Waals surface area contributed by atoms with Crippen molar-refractivity contribution >= 4 is 0 Å². The van der Waals surface area contributed by atoms with Gasteiger partial charge in [0.1, 0.15) is 12.4 Å². The zero-order valence-electron chi connectivity index (χ0n) is 12.3. The van der Waals surface area contributed by atoms with Gasteiger partial charge in [-0.25, -0.2) is 0 Å². The Morgan fingerprint density at radius 3 is 2.38 bits per heavy atom. The van der Waals surface area contributed by atoms with Crippen molar-refractivity contribution in [3.8, 4) is 23.3 Å². The molecule has 108 valence electrons. The van der Waals surface area contributed by atoms with Crippen molar-refractivity contribution < 1.29 is 14.2 Å². The second-order valence-electron chi connectivity index (χ2n) is 4.57. The van der Waals surface area contributed by atoms with E-state index in [1.807, 2.05) is 31.2 Å². The molecule has 0 amide bonds. The van der Waals surface area contributed by atoms with Gasteiger partial charge in [0.05, 0.1) is 25.9 Å². The molecule has 0 fully saturated rings. The van der Waals surface area contributed by atoms with Crippen LogP contribution in [0.2, 0.25) is 0 Å². The van der Waals surface area contributed by atoms with Crippen molar-refractivity contribution in [1.29, 1.82) is 5.26 Å². The van der Waals surface area contributed by atoms with Crippen molar-refractivity contribution in [2.75, 3.05) is 14.2 Å². The molecule has 21 heavy (non-hydrogen) atoms. The first-order chi connectivity index (χ1) is 10.2. The summed E-state index contributed by atoms with van der Waals surface area (Å²) < 4.78 is 16.3. The molecular weight excluding hydrogens is 266 g/mol. The molecule has 0 heterocycles. The van der Waals surface area contributed by atoms with E-state index in [0.29, 0.717) is 29.4 Å². The van der Waals surface area contributed by atoms with Crippen LogP contribution in [0.5, 0.6) is 17.2 Å². The van der Waals surface area contributed by atoms with Gasteiger partial charge in [-0.2, -0.15) is 5.26 Å². The van der Waals surface area contributed by atoms with E-state index in [0.717, 1.165) is 11.1 Å². The van der Waals surface area contributed by atoms with Crippen LogP contribution < -0.4 is 14.2 Å². The number of benzene rings is 2. The minimum absolute atomic E-state index is 0.399. The van der Waals surface area contributed by atoms with Gasteiger partial charge in [-0.15, -0.1) is 0 Å². The van der Waals surface area contributed by atoms with Gasteiger partial charge in [-0.05, 0) is 42.3 Å². The molecule has 0 atom stereocenters. The summed E-state index contributed by atoms with van der Waals surface area (Å²) in [5, 5.41) is 8.93. The largest absolute Gasteiger partial charge is 0.493 e. The molecule has 0 aromatic heterocycles. The Morgan fingerprint density at radius 2 is 1.71 bits per heavy atom. The van der Waals surface area contributed by atoms with Gasteiger partial charge in [0, 0.05) is 0 Å². The van der Waals surface area contributed by atoms with Gasteiger partial charge in [-0.1, -0.05) is 12.1 Å². The van der Waals surface area contributed by atoms with Crippen LogP contribution in [0, 0.1) is 18.3 Å². The smallest absolute Gasteiger partial charge is 0.161 e. The van der Waals surface area contributed by atoms with Crippen molar-refractivity contribution in [1.82, 2.24) is 0 Å². The number of nitrogens with zero attached hydrogens (tertiary/aromatic N) is 1.